The van der Waals surface area contributed by atoms with Crippen LogP contribution in [0.4, 0.5) is 14.5 Å². The van der Waals surface area contributed by atoms with Crippen LogP contribution in [0.15, 0.2) is 40.9 Å². The lowest BCUT2D eigenvalue weighted by Gasteiger charge is -2.17. The zero-order valence-electron chi connectivity index (χ0n) is 11.2. The number of rotatable bonds is 4. The Morgan fingerprint density at radius 2 is 1.95 bits per heavy atom. The fraction of sp³-hybridized carbons (Fsp3) is 0.133. The Labute approximate surface area is 129 Å². The maximum absolute atomic E-state index is 13.8. The van der Waals surface area contributed by atoms with Gasteiger partial charge >= 0.3 is 0 Å². The smallest absolute Gasteiger partial charge is 0.251 e. The minimum absolute atomic E-state index is 0.0256. The van der Waals surface area contributed by atoms with Crippen LogP contribution in [0.1, 0.15) is 28.9 Å². The molecule has 6 heteroatoms. The number of nitrogens with one attached hydrogen (secondary N) is 1. The van der Waals surface area contributed by atoms with E-state index in [0.717, 1.165) is 16.1 Å². The molecule has 0 heterocycles. The van der Waals surface area contributed by atoms with Gasteiger partial charge in [0.25, 0.3) is 5.91 Å². The first-order valence-corrected chi connectivity index (χ1v) is 6.98. The van der Waals surface area contributed by atoms with Gasteiger partial charge in [0.05, 0.1) is 11.3 Å². The van der Waals surface area contributed by atoms with Crippen molar-refractivity contribution in [3.63, 3.8) is 0 Å². The van der Waals surface area contributed by atoms with Crippen LogP contribution in [0.5, 0.6) is 0 Å². The molecule has 0 bridgehead atoms. The number of halogens is 3. The summed E-state index contributed by atoms with van der Waals surface area (Å²) in [7, 11) is 0. The molecule has 2 aromatic rings. The average Bonchev–Trinajstić information content (AvgIpc) is 2.41. The van der Waals surface area contributed by atoms with Crippen molar-refractivity contribution in [1.82, 2.24) is 0 Å². The maximum Gasteiger partial charge on any atom is 0.251 e. The number of carbonyl (C=O) groups excluding carboxylic acids is 1. The Hall–Kier alpha value is -1.95. The fourth-order valence-electron chi connectivity index (χ4n) is 1.94. The molecule has 0 aliphatic carbocycles. The standard InChI is InChI=1S/C15H13BrF2N2O/c1-8(9-3-2-4-10(16)5-9)20-14-6-11(15(19)21)12(17)7-13(14)18/h2-8,20H,1H3,(H2,19,21). The molecule has 21 heavy (non-hydrogen) atoms. The van der Waals surface area contributed by atoms with E-state index in [0.29, 0.717) is 6.07 Å². The Balaban J connectivity index is 2.31. The van der Waals surface area contributed by atoms with Crippen molar-refractivity contribution in [2.45, 2.75) is 13.0 Å². The minimum atomic E-state index is -0.972. The second kappa shape index (κ2) is 6.22. The van der Waals surface area contributed by atoms with Crippen molar-refractivity contribution < 1.29 is 13.6 Å². The van der Waals surface area contributed by atoms with E-state index in [-0.39, 0.29) is 17.3 Å². The zero-order valence-corrected chi connectivity index (χ0v) is 12.7. The second-order valence-corrected chi connectivity index (χ2v) is 5.51. The van der Waals surface area contributed by atoms with Gasteiger partial charge in [0.15, 0.2) is 0 Å². The van der Waals surface area contributed by atoms with Crippen LogP contribution in [0, 0.1) is 11.6 Å². The molecule has 0 radical (unpaired) electrons. The summed E-state index contributed by atoms with van der Waals surface area (Å²) in [5.41, 5.74) is 5.65. The molecule has 3 N–H and O–H groups in total. The van der Waals surface area contributed by atoms with Crippen molar-refractivity contribution in [3.8, 4) is 0 Å². The summed E-state index contributed by atoms with van der Waals surface area (Å²) in [5.74, 6) is -2.69. The van der Waals surface area contributed by atoms with Crippen molar-refractivity contribution >= 4 is 27.5 Å². The lowest BCUT2D eigenvalue weighted by atomic mass is 10.1. The SMILES string of the molecule is CC(Nc1cc(C(N)=O)c(F)cc1F)c1cccc(Br)c1. The minimum Gasteiger partial charge on any atom is -0.376 e. The van der Waals surface area contributed by atoms with E-state index >= 15 is 0 Å². The van der Waals surface area contributed by atoms with Gasteiger partial charge in [0.2, 0.25) is 0 Å². The number of hydrogen-bond acceptors (Lipinski definition) is 2. The van der Waals surface area contributed by atoms with Gasteiger partial charge in [-0.25, -0.2) is 8.78 Å². The summed E-state index contributed by atoms with van der Waals surface area (Å²) >= 11 is 3.36. The highest BCUT2D eigenvalue weighted by Gasteiger charge is 2.15. The van der Waals surface area contributed by atoms with Crippen molar-refractivity contribution in [2.75, 3.05) is 5.32 Å². The highest BCUT2D eigenvalue weighted by molar-refractivity contribution is 9.10. The van der Waals surface area contributed by atoms with E-state index in [1.165, 1.54) is 0 Å². The van der Waals surface area contributed by atoms with Gasteiger partial charge < -0.3 is 11.1 Å². The Kier molecular flexibility index (Phi) is 4.57. The van der Waals surface area contributed by atoms with Crippen LogP contribution in [-0.2, 0) is 0 Å². The third-order valence-electron chi connectivity index (χ3n) is 3.04. The molecule has 0 spiro atoms. The van der Waals surface area contributed by atoms with E-state index < -0.39 is 17.5 Å². The Morgan fingerprint density at radius 3 is 2.57 bits per heavy atom. The first-order valence-electron chi connectivity index (χ1n) is 6.19. The number of anilines is 1. The molecule has 0 saturated carbocycles. The summed E-state index contributed by atoms with van der Waals surface area (Å²) in [5, 5.41) is 2.91. The third kappa shape index (κ3) is 3.58. The van der Waals surface area contributed by atoms with Crippen LogP contribution in [0.2, 0.25) is 0 Å². The second-order valence-electron chi connectivity index (χ2n) is 4.60. The van der Waals surface area contributed by atoms with Gasteiger partial charge in [0, 0.05) is 16.6 Å². The summed E-state index contributed by atoms with van der Waals surface area (Å²) in [4.78, 5) is 11.1. The largest absolute Gasteiger partial charge is 0.376 e. The summed E-state index contributed by atoms with van der Waals surface area (Å²) in [6.07, 6.45) is 0. The van der Waals surface area contributed by atoms with E-state index in [4.69, 9.17) is 5.73 Å². The predicted molar refractivity (Wildman–Crippen MR) is 81.1 cm³/mol. The average molecular weight is 355 g/mol. The molecule has 0 saturated heterocycles. The lowest BCUT2D eigenvalue weighted by Crippen LogP contribution is -2.15. The normalized spacial score (nSPS) is 12.0. The monoisotopic (exact) mass is 354 g/mol. The van der Waals surface area contributed by atoms with E-state index in [1.807, 2.05) is 31.2 Å². The molecular weight excluding hydrogens is 342 g/mol. The van der Waals surface area contributed by atoms with E-state index in [9.17, 15) is 13.6 Å². The predicted octanol–water partition coefficient (Wildman–Crippen LogP) is 4.00. The number of nitrogens with two attached hydrogens (primary N) is 1. The summed E-state index contributed by atoms with van der Waals surface area (Å²) < 4.78 is 28.1. The molecule has 0 fully saturated rings. The summed E-state index contributed by atoms with van der Waals surface area (Å²) in [6, 6.07) is 8.99. The molecule has 2 rings (SSSR count). The van der Waals surface area contributed by atoms with Gasteiger partial charge in [-0.2, -0.15) is 0 Å². The van der Waals surface area contributed by atoms with Gasteiger partial charge in [-0.3, -0.25) is 4.79 Å². The quantitative estimate of drug-likeness (QED) is 0.871. The van der Waals surface area contributed by atoms with Crippen LogP contribution in [0.25, 0.3) is 0 Å². The van der Waals surface area contributed by atoms with E-state index in [2.05, 4.69) is 21.2 Å². The summed E-state index contributed by atoms with van der Waals surface area (Å²) in [6.45, 7) is 1.83. The Morgan fingerprint density at radius 1 is 1.24 bits per heavy atom. The molecule has 0 aliphatic rings. The number of carbonyl (C=O) groups is 1. The van der Waals surface area contributed by atoms with Crippen molar-refractivity contribution in [3.05, 3.63) is 63.6 Å². The van der Waals surface area contributed by atoms with Gasteiger partial charge in [-0.15, -0.1) is 0 Å². The van der Waals surface area contributed by atoms with Crippen LogP contribution in [-0.4, -0.2) is 5.91 Å². The third-order valence-corrected chi connectivity index (χ3v) is 3.54. The molecule has 110 valence electrons. The number of hydrogen-bond donors (Lipinski definition) is 2. The van der Waals surface area contributed by atoms with Gasteiger partial charge in [0.1, 0.15) is 11.6 Å². The van der Waals surface area contributed by atoms with Crippen LogP contribution < -0.4 is 11.1 Å². The van der Waals surface area contributed by atoms with Crippen molar-refractivity contribution in [1.29, 1.82) is 0 Å². The maximum atomic E-state index is 13.8. The van der Waals surface area contributed by atoms with Gasteiger partial charge in [-0.05, 0) is 30.7 Å². The molecule has 1 atom stereocenters. The van der Waals surface area contributed by atoms with Gasteiger partial charge in [-0.1, -0.05) is 28.1 Å². The zero-order chi connectivity index (χ0) is 15.6. The molecule has 1 amide bonds. The molecule has 0 aromatic heterocycles. The molecule has 0 aliphatic heterocycles. The van der Waals surface area contributed by atoms with Crippen molar-refractivity contribution in [2.24, 2.45) is 5.73 Å². The molecular formula is C15H13BrF2N2O. The molecule has 2 aromatic carbocycles. The number of primary amides is 1. The first-order chi connectivity index (χ1) is 9.88. The topological polar surface area (TPSA) is 55.1 Å². The molecule has 3 nitrogen and oxygen atoms in total. The van der Waals surface area contributed by atoms with Crippen LogP contribution >= 0.6 is 15.9 Å². The number of amides is 1. The first kappa shape index (κ1) is 15.4. The highest BCUT2D eigenvalue weighted by Crippen LogP contribution is 2.25. The Bertz CT molecular complexity index is 691. The fourth-order valence-corrected chi connectivity index (χ4v) is 2.36. The highest BCUT2D eigenvalue weighted by atomic mass is 79.9. The van der Waals surface area contributed by atoms with E-state index in [1.54, 1.807) is 0 Å². The van der Waals surface area contributed by atoms with Crippen LogP contribution in [0.3, 0.4) is 0 Å². The molecule has 1 unspecified atom stereocenters. The lowest BCUT2D eigenvalue weighted by molar-refractivity contribution is 0.0996. The number of benzene rings is 2.